The smallest absolute Gasteiger partial charge is 0.134 e. The minimum atomic E-state index is -2.17. The Hall–Kier alpha value is -5.96. The fourth-order valence-electron chi connectivity index (χ4n) is 8.71. The Bertz CT molecular complexity index is 2790. The van der Waals surface area contributed by atoms with Crippen molar-refractivity contribution < 1.29 is 4.42 Å². The first-order valence-electron chi connectivity index (χ1n) is 18.4. The summed E-state index contributed by atoms with van der Waals surface area (Å²) in [5, 5.41) is 11.6. The van der Waals surface area contributed by atoms with Crippen LogP contribution in [-0.2, 0) is 6.42 Å². The van der Waals surface area contributed by atoms with Crippen molar-refractivity contribution >= 4 is 67.8 Å². The first kappa shape index (κ1) is 30.8. The van der Waals surface area contributed by atoms with E-state index in [9.17, 15) is 0 Å². The summed E-state index contributed by atoms with van der Waals surface area (Å²) in [7, 11) is -2.17. The van der Waals surface area contributed by atoms with Gasteiger partial charge in [-0.15, -0.1) is 0 Å². The van der Waals surface area contributed by atoms with E-state index < -0.39 is 8.07 Å². The molecule has 0 saturated carbocycles. The molecule has 0 amide bonds. The average Bonchev–Trinajstić information content (AvgIpc) is 3.58. The van der Waals surface area contributed by atoms with Gasteiger partial charge < -0.3 is 4.42 Å². The molecule has 0 N–H and O–H groups in total. The molecule has 1 heterocycles. The molecule has 8 aromatic carbocycles. The average molecular weight is 683 g/mol. The summed E-state index contributed by atoms with van der Waals surface area (Å²) < 4.78 is 6.82. The SMILES string of the molecule is C[Si](C)(c1ccccc1)c1cc(-c2c3ccccc3c(-c3ccc(-c4cccc5ccccc45)cc3)c3ccccc23)cc2c3c(oc12)CCC=C3. The molecule has 0 unspecified atom stereocenters. The standard InChI is InChI=1S/C50H38OSi/c1-52(2,37-17-4-3-5-18-37)47-32-36(31-45-40-20-12-13-26-46(40)51-50(45)47)49-43-23-10-8-21-41(43)48(42-22-9-11-24-44(42)49)35-29-27-34(28-30-35)39-25-14-16-33-15-6-7-19-38(33)39/h3-12,14-25,27-32H,13,26H2,1-2H3. The first-order chi connectivity index (χ1) is 25.6. The third kappa shape index (κ3) is 4.82. The summed E-state index contributed by atoms with van der Waals surface area (Å²) in [5.74, 6) is 1.12. The lowest BCUT2D eigenvalue weighted by molar-refractivity contribution is 0.548. The highest BCUT2D eigenvalue weighted by Crippen LogP contribution is 2.45. The lowest BCUT2D eigenvalue weighted by atomic mass is 9.85. The molecule has 1 aliphatic carbocycles. The highest BCUT2D eigenvalue weighted by molar-refractivity contribution is 7.01. The molecule has 0 saturated heterocycles. The van der Waals surface area contributed by atoms with E-state index in [1.54, 1.807) is 0 Å². The Balaban J connectivity index is 1.22. The fourth-order valence-corrected chi connectivity index (χ4v) is 11.3. The summed E-state index contributed by atoms with van der Waals surface area (Å²) in [6.45, 7) is 4.94. The van der Waals surface area contributed by atoms with E-state index in [1.807, 2.05) is 0 Å². The van der Waals surface area contributed by atoms with Gasteiger partial charge in [0.15, 0.2) is 0 Å². The van der Waals surface area contributed by atoms with Crippen molar-refractivity contribution in [1.82, 2.24) is 0 Å². The van der Waals surface area contributed by atoms with Crippen LogP contribution in [-0.4, -0.2) is 8.07 Å². The van der Waals surface area contributed by atoms with Crippen LogP contribution in [0, 0.1) is 0 Å². The number of allylic oxidation sites excluding steroid dienone is 1. The number of hydrogen-bond donors (Lipinski definition) is 0. The zero-order chi connectivity index (χ0) is 34.8. The zero-order valence-electron chi connectivity index (χ0n) is 29.5. The molecule has 0 atom stereocenters. The number of benzene rings is 8. The van der Waals surface area contributed by atoms with Gasteiger partial charge in [0.25, 0.3) is 0 Å². The van der Waals surface area contributed by atoms with Crippen LogP contribution in [0.2, 0.25) is 13.1 Å². The topological polar surface area (TPSA) is 13.1 Å². The van der Waals surface area contributed by atoms with Gasteiger partial charge in [-0.2, -0.15) is 0 Å². The molecule has 0 radical (unpaired) electrons. The number of furan rings is 1. The number of fused-ring (bicyclic) bond motifs is 6. The molecule has 2 heteroatoms. The molecule has 9 aromatic rings. The fraction of sp³-hybridized carbons (Fsp3) is 0.0800. The maximum atomic E-state index is 6.82. The van der Waals surface area contributed by atoms with Crippen LogP contribution in [0.4, 0.5) is 0 Å². The Morgan fingerprint density at radius 3 is 1.77 bits per heavy atom. The van der Waals surface area contributed by atoms with Gasteiger partial charge in [-0.25, -0.2) is 0 Å². The molecule has 1 aromatic heterocycles. The Morgan fingerprint density at radius 2 is 1.08 bits per heavy atom. The van der Waals surface area contributed by atoms with E-state index in [0.717, 1.165) is 24.2 Å². The van der Waals surface area contributed by atoms with Crippen LogP contribution in [0.1, 0.15) is 17.7 Å². The van der Waals surface area contributed by atoms with Gasteiger partial charge in [0.05, 0.1) is 0 Å². The van der Waals surface area contributed by atoms with E-state index in [0.29, 0.717) is 0 Å². The third-order valence-electron chi connectivity index (χ3n) is 11.4. The van der Waals surface area contributed by atoms with Gasteiger partial charge in [-0.05, 0) is 83.4 Å². The van der Waals surface area contributed by atoms with Crippen LogP contribution in [0.3, 0.4) is 0 Å². The summed E-state index contributed by atoms with van der Waals surface area (Å²) in [6.07, 6.45) is 6.56. The Morgan fingerprint density at radius 1 is 0.500 bits per heavy atom. The number of hydrogen-bond acceptors (Lipinski definition) is 1. The molecule has 0 spiro atoms. The van der Waals surface area contributed by atoms with E-state index >= 15 is 0 Å². The predicted molar refractivity (Wildman–Crippen MR) is 226 cm³/mol. The van der Waals surface area contributed by atoms with Crippen molar-refractivity contribution in [2.24, 2.45) is 0 Å². The maximum absolute atomic E-state index is 6.82. The van der Waals surface area contributed by atoms with Crippen LogP contribution in [0.25, 0.3) is 82.7 Å². The third-order valence-corrected chi connectivity index (χ3v) is 14.9. The molecule has 0 aliphatic heterocycles. The van der Waals surface area contributed by atoms with Gasteiger partial charge >= 0.3 is 0 Å². The molecular formula is C50H38OSi. The lowest BCUT2D eigenvalue weighted by Gasteiger charge is -2.25. The number of rotatable bonds is 5. The second-order valence-electron chi connectivity index (χ2n) is 14.7. The Labute approximate surface area is 305 Å². The Kier molecular flexibility index (Phi) is 7.16. The van der Waals surface area contributed by atoms with Crippen LogP contribution >= 0.6 is 0 Å². The van der Waals surface area contributed by atoms with Gasteiger partial charge in [0.2, 0.25) is 0 Å². The summed E-state index contributed by atoms with van der Waals surface area (Å²) in [4.78, 5) is 0. The van der Waals surface area contributed by atoms with Crippen molar-refractivity contribution in [1.29, 1.82) is 0 Å². The minimum Gasteiger partial charge on any atom is -0.461 e. The molecule has 1 nitrogen and oxygen atoms in total. The lowest BCUT2D eigenvalue weighted by Crippen LogP contribution is -2.53. The molecular weight excluding hydrogens is 645 g/mol. The second-order valence-corrected chi connectivity index (χ2v) is 19.1. The number of aryl methyl sites for hydroxylation is 1. The zero-order valence-corrected chi connectivity index (χ0v) is 30.5. The highest BCUT2D eigenvalue weighted by atomic mass is 28.3. The quantitative estimate of drug-likeness (QED) is 0.130. The monoisotopic (exact) mass is 682 g/mol. The largest absolute Gasteiger partial charge is 0.461 e. The van der Waals surface area contributed by atoms with Crippen LogP contribution < -0.4 is 10.4 Å². The van der Waals surface area contributed by atoms with Crippen molar-refractivity contribution in [3.63, 3.8) is 0 Å². The van der Waals surface area contributed by atoms with E-state index in [2.05, 4.69) is 183 Å². The molecule has 10 rings (SSSR count). The maximum Gasteiger partial charge on any atom is 0.134 e. The van der Waals surface area contributed by atoms with E-state index in [1.165, 1.54) is 87.0 Å². The van der Waals surface area contributed by atoms with Gasteiger partial charge in [-0.1, -0.05) is 182 Å². The predicted octanol–water partition coefficient (Wildman–Crippen LogP) is 12.7. The van der Waals surface area contributed by atoms with Crippen molar-refractivity contribution in [2.75, 3.05) is 0 Å². The highest BCUT2D eigenvalue weighted by Gasteiger charge is 2.32. The molecule has 0 fully saturated rings. The molecule has 1 aliphatic rings. The normalized spacial score (nSPS) is 13.0. The first-order valence-corrected chi connectivity index (χ1v) is 21.4. The van der Waals surface area contributed by atoms with Gasteiger partial charge in [0, 0.05) is 17.4 Å². The van der Waals surface area contributed by atoms with Gasteiger partial charge in [0.1, 0.15) is 19.4 Å². The summed E-state index contributed by atoms with van der Waals surface area (Å²) in [5.41, 5.74) is 9.86. The summed E-state index contributed by atoms with van der Waals surface area (Å²) in [6, 6.07) is 58.4. The molecule has 52 heavy (non-hydrogen) atoms. The minimum absolute atomic E-state index is 0.947. The van der Waals surface area contributed by atoms with Crippen molar-refractivity contribution in [3.05, 3.63) is 175 Å². The van der Waals surface area contributed by atoms with E-state index in [-0.39, 0.29) is 0 Å². The molecule has 0 bridgehead atoms. The molecule has 248 valence electrons. The second kappa shape index (κ2) is 12.1. The summed E-state index contributed by atoms with van der Waals surface area (Å²) >= 11 is 0. The van der Waals surface area contributed by atoms with Crippen LogP contribution in [0.5, 0.6) is 0 Å². The van der Waals surface area contributed by atoms with Gasteiger partial charge in [-0.3, -0.25) is 0 Å². The van der Waals surface area contributed by atoms with E-state index in [4.69, 9.17) is 4.42 Å². The van der Waals surface area contributed by atoms with Crippen molar-refractivity contribution in [2.45, 2.75) is 25.9 Å². The van der Waals surface area contributed by atoms with Crippen LogP contribution in [0.15, 0.2) is 168 Å². The van der Waals surface area contributed by atoms with Crippen molar-refractivity contribution in [3.8, 4) is 33.4 Å².